The fraction of sp³-hybridized carbons (Fsp3) is 0.818. The molecule has 0 aliphatic carbocycles. The van der Waals surface area contributed by atoms with E-state index in [0.29, 0.717) is 6.54 Å². The molecule has 16 heavy (non-hydrogen) atoms. The molecule has 0 fully saturated rings. The first-order valence-electron chi connectivity index (χ1n) is 5.42. The third-order valence-corrected chi connectivity index (χ3v) is 2.58. The van der Waals surface area contributed by atoms with E-state index in [4.69, 9.17) is 5.11 Å². The number of likely N-dealkylation sites (N-methyl/N-ethyl adjacent to an activating group) is 2. The standard InChI is InChI=1S/C11H22N2O3/c1-8(2)13(5)10(14)7-12(4)6-9(3)11(15)16/h8-9H,6-7H2,1-5H3,(H,15,16). The van der Waals surface area contributed by atoms with Crippen molar-refractivity contribution in [3.05, 3.63) is 0 Å². The average Bonchev–Trinajstić information content (AvgIpc) is 2.15. The molecule has 0 saturated carbocycles. The molecule has 0 aliphatic rings. The van der Waals surface area contributed by atoms with Crippen molar-refractivity contribution < 1.29 is 14.7 Å². The summed E-state index contributed by atoms with van der Waals surface area (Å²) in [5.74, 6) is -1.28. The molecule has 1 N–H and O–H groups in total. The largest absolute Gasteiger partial charge is 0.481 e. The van der Waals surface area contributed by atoms with Gasteiger partial charge in [-0.15, -0.1) is 0 Å². The highest BCUT2D eigenvalue weighted by Gasteiger charge is 2.18. The maximum atomic E-state index is 11.7. The minimum absolute atomic E-state index is 0.00934. The van der Waals surface area contributed by atoms with Crippen LogP contribution in [0.25, 0.3) is 0 Å². The number of amides is 1. The van der Waals surface area contributed by atoms with Gasteiger partial charge in [0, 0.05) is 19.6 Å². The van der Waals surface area contributed by atoms with Crippen LogP contribution in [0.15, 0.2) is 0 Å². The van der Waals surface area contributed by atoms with Crippen molar-refractivity contribution in [1.29, 1.82) is 0 Å². The van der Waals surface area contributed by atoms with E-state index in [1.54, 1.807) is 30.8 Å². The number of carbonyl (C=O) groups excluding carboxylic acids is 1. The van der Waals surface area contributed by atoms with Crippen LogP contribution in [0.3, 0.4) is 0 Å². The Morgan fingerprint density at radius 3 is 2.06 bits per heavy atom. The molecule has 1 atom stereocenters. The van der Waals surface area contributed by atoms with Gasteiger partial charge in [-0.1, -0.05) is 6.92 Å². The Labute approximate surface area is 97.0 Å². The van der Waals surface area contributed by atoms with E-state index in [9.17, 15) is 9.59 Å². The molecule has 0 saturated heterocycles. The first kappa shape index (κ1) is 14.9. The van der Waals surface area contributed by atoms with Gasteiger partial charge in [-0.3, -0.25) is 14.5 Å². The number of rotatable bonds is 6. The van der Waals surface area contributed by atoms with Gasteiger partial charge >= 0.3 is 5.97 Å². The highest BCUT2D eigenvalue weighted by atomic mass is 16.4. The average molecular weight is 230 g/mol. The monoisotopic (exact) mass is 230 g/mol. The molecule has 0 spiro atoms. The molecule has 5 heteroatoms. The Bertz CT molecular complexity index is 254. The van der Waals surface area contributed by atoms with Crippen LogP contribution in [-0.2, 0) is 9.59 Å². The molecule has 0 aliphatic heterocycles. The number of aliphatic carboxylic acids is 1. The van der Waals surface area contributed by atoms with Gasteiger partial charge in [0.15, 0.2) is 0 Å². The first-order valence-corrected chi connectivity index (χ1v) is 5.42. The van der Waals surface area contributed by atoms with E-state index in [1.807, 2.05) is 13.8 Å². The van der Waals surface area contributed by atoms with Crippen LogP contribution in [0.4, 0.5) is 0 Å². The van der Waals surface area contributed by atoms with Crippen LogP contribution in [0.5, 0.6) is 0 Å². The molecule has 94 valence electrons. The Balaban J connectivity index is 4.10. The zero-order valence-corrected chi connectivity index (χ0v) is 10.7. The Hall–Kier alpha value is -1.10. The van der Waals surface area contributed by atoms with Crippen molar-refractivity contribution >= 4 is 11.9 Å². The smallest absolute Gasteiger partial charge is 0.307 e. The van der Waals surface area contributed by atoms with E-state index in [2.05, 4.69) is 0 Å². The van der Waals surface area contributed by atoms with Gasteiger partial charge in [-0.25, -0.2) is 0 Å². The molecule has 0 rings (SSSR count). The summed E-state index contributed by atoms with van der Waals surface area (Å²) < 4.78 is 0. The second-order valence-corrected chi connectivity index (χ2v) is 4.53. The van der Waals surface area contributed by atoms with E-state index in [1.165, 1.54) is 0 Å². The Morgan fingerprint density at radius 2 is 1.69 bits per heavy atom. The fourth-order valence-electron chi connectivity index (χ4n) is 1.24. The van der Waals surface area contributed by atoms with E-state index >= 15 is 0 Å². The summed E-state index contributed by atoms with van der Waals surface area (Å²) >= 11 is 0. The van der Waals surface area contributed by atoms with E-state index < -0.39 is 11.9 Å². The summed E-state index contributed by atoms with van der Waals surface area (Å²) in [7, 11) is 3.51. The summed E-state index contributed by atoms with van der Waals surface area (Å²) in [4.78, 5) is 25.7. The molecular weight excluding hydrogens is 208 g/mol. The predicted molar refractivity (Wildman–Crippen MR) is 62.2 cm³/mol. The van der Waals surface area contributed by atoms with Gasteiger partial charge < -0.3 is 10.0 Å². The molecule has 0 aromatic rings. The van der Waals surface area contributed by atoms with Crippen LogP contribution in [0.2, 0.25) is 0 Å². The summed E-state index contributed by atoms with van der Waals surface area (Å²) in [5, 5.41) is 8.74. The van der Waals surface area contributed by atoms with Crippen LogP contribution >= 0.6 is 0 Å². The molecule has 0 heterocycles. The second-order valence-electron chi connectivity index (χ2n) is 4.53. The van der Waals surface area contributed by atoms with Crippen LogP contribution in [-0.4, -0.2) is 60.0 Å². The highest BCUT2D eigenvalue weighted by Crippen LogP contribution is 2.00. The van der Waals surface area contributed by atoms with E-state index in [0.717, 1.165) is 0 Å². The zero-order chi connectivity index (χ0) is 12.9. The minimum atomic E-state index is -0.837. The predicted octanol–water partition coefficient (Wildman–Crippen LogP) is 0.506. The van der Waals surface area contributed by atoms with Gasteiger partial charge in [0.2, 0.25) is 5.91 Å². The fourth-order valence-corrected chi connectivity index (χ4v) is 1.24. The maximum Gasteiger partial charge on any atom is 0.307 e. The van der Waals surface area contributed by atoms with Crippen LogP contribution in [0, 0.1) is 5.92 Å². The van der Waals surface area contributed by atoms with E-state index in [-0.39, 0.29) is 18.5 Å². The molecule has 0 aromatic heterocycles. The summed E-state index contributed by atoms with van der Waals surface area (Å²) in [6, 6.07) is 0.165. The summed E-state index contributed by atoms with van der Waals surface area (Å²) in [5.41, 5.74) is 0. The second kappa shape index (κ2) is 6.48. The van der Waals surface area contributed by atoms with Gasteiger partial charge in [-0.2, -0.15) is 0 Å². The molecule has 0 aromatic carbocycles. The zero-order valence-electron chi connectivity index (χ0n) is 10.7. The first-order chi connectivity index (χ1) is 7.25. The SMILES string of the molecule is CC(CN(C)CC(=O)N(C)C(C)C)C(=O)O. The third kappa shape index (κ3) is 5.11. The molecule has 0 radical (unpaired) electrons. The number of hydrogen-bond donors (Lipinski definition) is 1. The van der Waals surface area contributed by atoms with Crippen LogP contribution in [0.1, 0.15) is 20.8 Å². The molecule has 1 unspecified atom stereocenters. The normalized spacial score (nSPS) is 12.9. The maximum absolute atomic E-state index is 11.7. The number of carboxylic acids is 1. The summed E-state index contributed by atoms with van der Waals surface area (Å²) in [6.45, 7) is 6.16. The molecular formula is C11H22N2O3. The molecule has 0 bridgehead atoms. The number of carboxylic acid groups (broad SMARTS) is 1. The lowest BCUT2D eigenvalue weighted by molar-refractivity contribution is -0.142. The number of carbonyl (C=O) groups is 2. The van der Waals surface area contributed by atoms with Crippen molar-refractivity contribution in [2.45, 2.75) is 26.8 Å². The number of hydrogen-bond acceptors (Lipinski definition) is 3. The topological polar surface area (TPSA) is 60.9 Å². The van der Waals surface area contributed by atoms with Crippen molar-refractivity contribution in [3.8, 4) is 0 Å². The van der Waals surface area contributed by atoms with Gasteiger partial charge in [0.05, 0.1) is 12.5 Å². The van der Waals surface area contributed by atoms with Gasteiger partial charge in [0.25, 0.3) is 0 Å². The Kier molecular flexibility index (Phi) is 6.03. The van der Waals surface area contributed by atoms with Gasteiger partial charge in [-0.05, 0) is 20.9 Å². The summed E-state index contributed by atoms with van der Waals surface area (Å²) in [6.07, 6.45) is 0. The lowest BCUT2D eigenvalue weighted by Gasteiger charge is -2.25. The minimum Gasteiger partial charge on any atom is -0.481 e. The lowest BCUT2D eigenvalue weighted by Crippen LogP contribution is -2.41. The van der Waals surface area contributed by atoms with Crippen LogP contribution < -0.4 is 0 Å². The molecule has 1 amide bonds. The van der Waals surface area contributed by atoms with Crippen molar-refractivity contribution in [2.75, 3.05) is 27.2 Å². The molecule has 5 nitrogen and oxygen atoms in total. The quantitative estimate of drug-likeness (QED) is 0.722. The number of nitrogens with zero attached hydrogens (tertiary/aromatic N) is 2. The lowest BCUT2D eigenvalue weighted by atomic mass is 10.2. The van der Waals surface area contributed by atoms with Crippen molar-refractivity contribution in [3.63, 3.8) is 0 Å². The van der Waals surface area contributed by atoms with Crippen molar-refractivity contribution in [1.82, 2.24) is 9.80 Å². The third-order valence-electron chi connectivity index (χ3n) is 2.58. The highest BCUT2D eigenvalue weighted by molar-refractivity contribution is 5.78. The van der Waals surface area contributed by atoms with Crippen molar-refractivity contribution in [2.24, 2.45) is 5.92 Å². The Morgan fingerprint density at radius 1 is 1.19 bits per heavy atom. The van der Waals surface area contributed by atoms with Gasteiger partial charge in [0.1, 0.15) is 0 Å².